The highest BCUT2D eigenvalue weighted by atomic mass is 32.1. The van der Waals surface area contributed by atoms with Gasteiger partial charge < -0.3 is 25.0 Å². The highest BCUT2D eigenvalue weighted by Crippen LogP contribution is 2.30. The highest BCUT2D eigenvalue weighted by molar-refractivity contribution is 7.96. The highest BCUT2D eigenvalue weighted by Gasteiger charge is 2.42. The first-order chi connectivity index (χ1) is 18.0. The zero-order chi connectivity index (χ0) is 28.0. The fourth-order valence-corrected chi connectivity index (χ4v) is 4.25. The van der Waals surface area contributed by atoms with Gasteiger partial charge in [0.25, 0.3) is 17.2 Å². The van der Waals surface area contributed by atoms with Crippen molar-refractivity contribution in [2.24, 2.45) is 5.73 Å². The Morgan fingerprint density at radius 1 is 1.29 bits per heavy atom. The van der Waals surface area contributed by atoms with Crippen molar-refractivity contribution in [2.75, 3.05) is 38.6 Å². The number of thiol groups is 1. The Labute approximate surface area is 226 Å². The zero-order valence-electron chi connectivity index (χ0n) is 22.0. The van der Waals surface area contributed by atoms with Gasteiger partial charge in [0.2, 0.25) is 0 Å². The summed E-state index contributed by atoms with van der Waals surface area (Å²) in [5.41, 5.74) is 9.23. The number of ether oxygens (including phenoxy) is 2. The average Bonchev–Trinajstić information content (AvgIpc) is 3.30. The molecule has 1 saturated heterocycles. The number of nitrogens with zero attached hydrogens (tertiary/aromatic N) is 1. The van der Waals surface area contributed by atoms with Gasteiger partial charge in [0.1, 0.15) is 11.6 Å². The molecule has 2 amide bonds. The molecule has 2 aliphatic heterocycles. The average molecular weight is 552 g/mol. The first-order valence-corrected chi connectivity index (χ1v) is 12.8. The molecule has 2 heterocycles. The van der Waals surface area contributed by atoms with E-state index in [4.69, 9.17) is 15.2 Å². The van der Waals surface area contributed by atoms with Gasteiger partial charge in [-0.05, 0) is 62.6 Å². The molecule has 0 radical (unpaired) electrons. The van der Waals surface area contributed by atoms with Gasteiger partial charge in [0, 0.05) is 37.1 Å². The predicted octanol–water partition coefficient (Wildman–Crippen LogP) is 3.47. The minimum Gasteiger partial charge on any atom is -0.361 e. The number of amides is 2. The molecule has 0 bridgehead atoms. The normalized spacial score (nSPS) is 22.6. The molecule has 1 aromatic carbocycles. The maximum atomic E-state index is 15.1. The third kappa shape index (κ3) is 7.20. The van der Waals surface area contributed by atoms with Gasteiger partial charge in [-0.2, -0.15) is 0 Å². The second kappa shape index (κ2) is 12.9. The third-order valence-corrected chi connectivity index (χ3v) is 6.93. The Kier molecular flexibility index (Phi) is 10.1. The van der Waals surface area contributed by atoms with Crippen molar-refractivity contribution in [3.8, 4) is 0 Å². The molecule has 208 valence electrons. The van der Waals surface area contributed by atoms with Gasteiger partial charge in [0.15, 0.2) is 6.10 Å². The molecule has 9 nitrogen and oxygen atoms in total. The first-order valence-electron chi connectivity index (χ1n) is 12.3. The summed E-state index contributed by atoms with van der Waals surface area (Å²) < 4.78 is 40.9. The van der Waals surface area contributed by atoms with Gasteiger partial charge in [-0.15, -0.1) is 0 Å². The van der Waals surface area contributed by atoms with E-state index in [0.717, 1.165) is 23.1 Å². The molecular formula is C26H35F2N5O4S. The van der Waals surface area contributed by atoms with Crippen molar-refractivity contribution >= 4 is 35.0 Å². The molecule has 0 aliphatic carbocycles. The van der Waals surface area contributed by atoms with Gasteiger partial charge in [-0.1, -0.05) is 31.2 Å². The molecule has 0 aromatic heterocycles. The summed E-state index contributed by atoms with van der Waals surface area (Å²) in [6.07, 6.45) is 3.49. The smallest absolute Gasteiger partial charge is 0.289 e. The first kappa shape index (κ1) is 29.8. The molecule has 1 fully saturated rings. The molecule has 12 heteroatoms. The van der Waals surface area contributed by atoms with Gasteiger partial charge >= 0.3 is 0 Å². The number of nitrogens with one attached hydrogen (secondary N) is 3. The van der Waals surface area contributed by atoms with Crippen LogP contribution in [0.1, 0.15) is 39.2 Å². The van der Waals surface area contributed by atoms with Gasteiger partial charge in [-0.25, -0.2) is 8.78 Å². The van der Waals surface area contributed by atoms with Crippen LogP contribution in [0.2, 0.25) is 0 Å². The van der Waals surface area contributed by atoms with Gasteiger partial charge in [0.05, 0.1) is 6.61 Å². The van der Waals surface area contributed by atoms with Crippen LogP contribution in [0.4, 0.5) is 19.3 Å². The standard InChI is InChI=1S/C26H35F2N5O4S/c1-5-15(2)16(3)18(13-32-25(35)38)12-31-19-10-20(27)23(21(28)11-19)17-6-8-33(9-7-17)24(34)22-14-36-26(29,30-4)37-22/h6,10-12,22,30-31H,5,7-9,13-14,29H2,1-4H3,(H2,32,35,38)/b16-15?,18-12-. The van der Waals surface area contributed by atoms with Gasteiger partial charge in [-0.3, -0.25) is 20.6 Å². The lowest BCUT2D eigenvalue weighted by molar-refractivity contribution is -0.188. The van der Waals surface area contributed by atoms with E-state index in [1.807, 2.05) is 20.8 Å². The summed E-state index contributed by atoms with van der Waals surface area (Å²) in [7, 11) is 1.55. The SMILES string of the molecule is CCC(C)=C(C)/C(=C\Nc1cc(F)c(C2=CCN(C(=O)C3COC(N)(NC)O3)CC2)c(F)c1)CNC(=O)S. The van der Waals surface area contributed by atoms with E-state index in [1.54, 1.807) is 19.3 Å². The number of benzene rings is 1. The van der Waals surface area contributed by atoms with E-state index in [9.17, 15) is 9.59 Å². The zero-order valence-corrected chi connectivity index (χ0v) is 22.9. The van der Waals surface area contributed by atoms with Crippen molar-refractivity contribution in [2.45, 2.75) is 45.8 Å². The second-order valence-electron chi connectivity index (χ2n) is 9.15. The van der Waals surface area contributed by atoms with Crippen LogP contribution in [0.25, 0.3) is 5.57 Å². The summed E-state index contributed by atoms with van der Waals surface area (Å²) in [5.74, 6) is -1.74. The van der Waals surface area contributed by atoms with Crippen LogP contribution in [0.15, 0.2) is 41.1 Å². The molecule has 1 aromatic rings. The van der Waals surface area contributed by atoms with Crippen LogP contribution >= 0.6 is 12.6 Å². The quantitative estimate of drug-likeness (QED) is 0.181. The van der Waals surface area contributed by atoms with E-state index in [2.05, 4.69) is 28.6 Å². The number of allylic oxidation sites excluding steroid dienone is 1. The van der Waals surface area contributed by atoms with E-state index >= 15 is 8.78 Å². The summed E-state index contributed by atoms with van der Waals surface area (Å²) in [4.78, 5) is 25.6. The third-order valence-electron chi connectivity index (χ3n) is 6.77. The number of anilines is 1. The molecule has 2 unspecified atom stereocenters. The molecule has 5 N–H and O–H groups in total. The van der Waals surface area contributed by atoms with E-state index in [-0.39, 0.29) is 49.8 Å². The second-order valence-corrected chi connectivity index (χ2v) is 9.55. The fraction of sp³-hybridized carbons (Fsp3) is 0.462. The number of nitrogens with two attached hydrogens (primary N) is 1. The number of rotatable bonds is 9. The van der Waals surface area contributed by atoms with Crippen molar-refractivity contribution in [1.82, 2.24) is 15.5 Å². The van der Waals surface area contributed by atoms with E-state index in [0.29, 0.717) is 5.57 Å². The van der Waals surface area contributed by atoms with E-state index in [1.165, 1.54) is 17.0 Å². The predicted molar refractivity (Wildman–Crippen MR) is 145 cm³/mol. The van der Waals surface area contributed by atoms with Crippen molar-refractivity contribution in [3.05, 3.63) is 58.3 Å². The van der Waals surface area contributed by atoms with Crippen molar-refractivity contribution < 1.29 is 27.8 Å². The molecule has 2 aliphatic rings. The molecule has 2 atom stereocenters. The Hall–Kier alpha value is -2.77. The van der Waals surface area contributed by atoms with E-state index < -0.39 is 29.0 Å². The van der Waals surface area contributed by atoms with Crippen LogP contribution in [0.5, 0.6) is 0 Å². The minimum atomic E-state index is -1.51. The van der Waals surface area contributed by atoms with Crippen molar-refractivity contribution in [3.63, 3.8) is 0 Å². The summed E-state index contributed by atoms with van der Waals surface area (Å²) in [6.45, 7) is 6.58. The number of carbonyl (C=O) groups is 2. The Morgan fingerprint density at radius 2 is 1.97 bits per heavy atom. The maximum absolute atomic E-state index is 15.1. The summed E-state index contributed by atoms with van der Waals surface area (Å²) >= 11 is 3.73. The maximum Gasteiger partial charge on any atom is 0.289 e. The number of carbonyl (C=O) groups excluding carboxylic acids is 2. The number of hydrogen-bond acceptors (Lipinski definition) is 7. The Balaban J connectivity index is 1.73. The van der Waals surface area contributed by atoms with Crippen LogP contribution in [-0.2, 0) is 14.3 Å². The summed E-state index contributed by atoms with van der Waals surface area (Å²) in [6, 6.07) is 0.922. The lowest BCUT2D eigenvalue weighted by Gasteiger charge is -2.29. The van der Waals surface area contributed by atoms with Crippen molar-refractivity contribution in [1.29, 1.82) is 0 Å². The number of halogens is 2. The topological polar surface area (TPSA) is 118 Å². The number of hydrogen-bond donors (Lipinski definition) is 5. The largest absolute Gasteiger partial charge is 0.361 e. The van der Waals surface area contributed by atoms with Crippen LogP contribution < -0.4 is 21.7 Å². The molecular weight excluding hydrogens is 516 g/mol. The molecule has 38 heavy (non-hydrogen) atoms. The van der Waals surface area contributed by atoms with Crippen LogP contribution in [-0.4, -0.2) is 61.5 Å². The molecule has 0 spiro atoms. The lowest BCUT2D eigenvalue weighted by atomic mass is 9.97. The monoisotopic (exact) mass is 551 g/mol. The fourth-order valence-electron chi connectivity index (χ4n) is 4.17. The van der Waals surface area contributed by atoms with Crippen LogP contribution in [0, 0.1) is 11.6 Å². The molecule has 3 rings (SSSR count). The Bertz CT molecular complexity index is 1150. The Morgan fingerprint density at radius 3 is 2.50 bits per heavy atom. The minimum absolute atomic E-state index is 0.00542. The molecule has 0 saturated carbocycles. The lowest BCUT2D eigenvalue weighted by Crippen LogP contribution is -2.54. The summed E-state index contributed by atoms with van der Waals surface area (Å²) in [5, 5.41) is 7.74. The van der Waals surface area contributed by atoms with Crippen LogP contribution in [0.3, 0.4) is 0 Å².